The largest absolute Gasteiger partial charge is 0.480 e. The number of carboxylic acid groups (broad SMARTS) is 1. The maximum atomic E-state index is 11.9. The average molecular weight is 285 g/mol. The second kappa shape index (κ2) is 6.19. The lowest BCUT2D eigenvalue weighted by molar-refractivity contribution is -0.140. The summed E-state index contributed by atoms with van der Waals surface area (Å²) in [5.74, 6) is -2.82. The number of carboxylic acids is 1. The van der Waals surface area contributed by atoms with Crippen molar-refractivity contribution >= 4 is 29.4 Å². The highest BCUT2D eigenvalue weighted by Crippen LogP contribution is 2.17. The van der Waals surface area contributed by atoms with Crippen molar-refractivity contribution in [2.75, 3.05) is 0 Å². The second-order valence-corrected chi connectivity index (χ2v) is 4.43. The van der Waals surface area contributed by atoms with Crippen molar-refractivity contribution < 1.29 is 19.5 Å². The van der Waals surface area contributed by atoms with Crippen molar-refractivity contribution in [3.8, 4) is 0 Å². The number of aliphatic carboxylic acids is 1. The highest BCUT2D eigenvalue weighted by Gasteiger charge is 2.23. The lowest BCUT2D eigenvalue weighted by Gasteiger charge is -2.13. The average Bonchev–Trinajstić information content (AvgIpc) is 2.26. The number of aryl methyl sites for hydroxylation is 1. The molecule has 0 radical (unpaired) electrons. The molecule has 1 rings (SSSR count). The Kier molecular flexibility index (Phi) is 4.88. The number of carbonyl (C=O) groups excluding carboxylic acids is 2. The second-order valence-electron chi connectivity index (χ2n) is 4.02. The van der Waals surface area contributed by atoms with Crippen LogP contribution in [0.5, 0.6) is 0 Å². The number of nitrogens with one attached hydrogen (secondary N) is 1. The van der Waals surface area contributed by atoms with Crippen molar-refractivity contribution in [3.63, 3.8) is 0 Å². The van der Waals surface area contributed by atoms with E-state index in [4.69, 9.17) is 22.4 Å². The molecule has 2 amide bonds. The first-order chi connectivity index (χ1) is 8.81. The molecule has 1 atom stereocenters. The third-order valence-electron chi connectivity index (χ3n) is 2.38. The van der Waals surface area contributed by atoms with Gasteiger partial charge in [0, 0.05) is 0 Å². The van der Waals surface area contributed by atoms with Crippen LogP contribution >= 0.6 is 11.6 Å². The number of hydrogen-bond donors (Lipinski definition) is 3. The van der Waals surface area contributed by atoms with Crippen LogP contribution in [0.1, 0.15) is 22.3 Å². The van der Waals surface area contributed by atoms with Gasteiger partial charge in [-0.3, -0.25) is 9.59 Å². The van der Waals surface area contributed by atoms with Crippen LogP contribution in [0.15, 0.2) is 18.2 Å². The van der Waals surface area contributed by atoms with Gasteiger partial charge in [-0.15, -0.1) is 0 Å². The molecule has 1 aromatic rings. The molecule has 7 heteroatoms. The summed E-state index contributed by atoms with van der Waals surface area (Å²) in [5, 5.41) is 11.3. The first kappa shape index (κ1) is 15.0. The predicted octanol–water partition coefficient (Wildman–Crippen LogP) is 0.707. The maximum Gasteiger partial charge on any atom is 0.326 e. The topological polar surface area (TPSA) is 109 Å². The SMILES string of the molecule is Cc1ccc(C(=O)NC(CC(N)=O)C(=O)O)c(Cl)c1. The Balaban J connectivity index is 2.87. The molecule has 102 valence electrons. The Hall–Kier alpha value is -2.08. The van der Waals surface area contributed by atoms with E-state index in [2.05, 4.69) is 5.32 Å². The number of halogens is 1. The van der Waals surface area contributed by atoms with Crippen molar-refractivity contribution in [1.82, 2.24) is 5.32 Å². The van der Waals surface area contributed by atoms with E-state index in [9.17, 15) is 14.4 Å². The van der Waals surface area contributed by atoms with Gasteiger partial charge in [-0.2, -0.15) is 0 Å². The fourth-order valence-corrected chi connectivity index (χ4v) is 1.76. The molecule has 0 aliphatic rings. The van der Waals surface area contributed by atoms with E-state index >= 15 is 0 Å². The summed E-state index contributed by atoms with van der Waals surface area (Å²) in [6.07, 6.45) is -0.482. The van der Waals surface area contributed by atoms with Crippen LogP contribution in [-0.4, -0.2) is 28.9 Å². The number of nitrogens with two attached hydrogens (primary N) is 1. The van der Waals surface area contributed by atoms with E-state index in [1.54, 1.807) is 19.1 Å². The van der Waals surface area contributed by atoms with Gasteiger partial charge in [0.2, 0.25) is 5.91 Å². The molecule has 0 aromatic heterocycles. The molecular formula is C12H13ClN2O4. The van der Waals surface area contributed by atoms with Gasteiger partial charge in [0.25, 0.3) is 5.91 Å². The smallest absolute Gasteiger partial charge is 0.326 e. The quantitative estimate of drug-likeness (QED) is 0.739. The normalized spacial score (nSPS) is 11.7. The first-order valence-electron chi connectivity index (χ1n) is 5.39. The van der Waals surface area contributed by atoms with Crippen molar-refractivity contribution in [2.24, 2.45) is 5.73 Å². The molecule has 19 heavy (non-hydrogen) atoms. The molecule has 0 fully saturated rings. The zero-order valence-electron chi connectivity index (χ0n) is 10.1. The standard InChI is InChI=1S/C12H13ClN2O4/c1-6-2-3-7(8(13)4-6)11(17)15-9(12(18)19)5-10(14)16/h2-4,9H,5H2,1H3,(H2,14,16)(H,15,17)(H,18,19). The van der Waals surface area contributed by atoms with Crippen molar-refractivity contribution in [1.29, 1.82) is 0 Å². The van der Waals surface area contributed by atoms with E-state index in [1.807, 2.05) is 0 Å². The minimum Gasteiger partial charge on any atom is -0.480 e. The van der Waals surface area contributed by atoms with E-state index in [0.717, 1.165) is 5.56 Å². The van der Waals surface area contributed by atoms with E-state index < -0.39 is 30.2 Å². The van der Waals surface area contributed by atoms with E-state index in [0.29, 0.717) is 0 Å². The lowest BCUT2D eigenvalue weighted by atomic mass is 10.1. The molecule has 0 spiro atoms. The Morgan fingerprint density at radius 1 is 1.42 bits per heavy atom. The minimum absolute atomic E-state index is 0.142. The summed E-state index contributed by atoms with van der Waals surface area (Å²) in [6, 6.07) is 3.36. The van der Waals surface area contributed by atoms with Crippen LogP contribution < -0.4 is 11.1 Å². The van der Waals surface area contributed by atoms with Gasteiger partial charge in [-0.25, -0.2) is 4.79 Å². The molecule has 0 saturated carbocycles. The van der Waals surface area contributed by atoms with Gasteiger partial charge < -0.3 is 16.2 Å². The lowest BCUT2D eigenvalue weighted by Crippen LogP contribution is -2.43. The number of hydrogen-bond acceptors (Lipinski definition) is 3. The highest BCUT2D eigenvalue weighted by atomic mass is 35.5. The minimum atomic E-state index is -1.37. The monoisotopic (exact) mass is 284 g/mol. The van der Waals surface area contributed by atoms with E-state index in [1.165, 1.54) is 6.07 Å². The molecule has 0 aliphatic carbocycles. The molecule has 1 aromatic carbocycles. The Morgan fingerprint density at radius 3 is 2.53 bits per heavy atom. The maximum absolute atomic E-state index is 11.9. The van der Waals surface area contributed by atoms with Gasteiger partial charge >= 0.3 is 5.97 Å². The predicted molar refractivity (Wildman–Crippen MR) is 68.9 cm³/mol. The summed E-state index contributed by atoms with van der Waals surface area (Å²) in [6.45, 7) is 1.81. The summed E-state index contributed by atoms with van der Waals surface area (Å²) < 4.78 is 0. The van der Waals surface area contributed by atoms with Crippen LogP contribution in [0.4, 0.5) is 0 Å². The summed E-state index contributed by atoms with van der Waals surface area (Å²) in [5.41, 5.74) is 5.93. The van der Waals surface area contributed by atoms with Gasteiger partial charge in [-0.1, -0.05) is 17.7 Å². The zero-order chi connectivity index (χ0) is 14.6. The molecular weight excluding hydrogens is 272 g/mol. The van der Waals surface area contributed by atoms with Crippen molar-refractivity contribution in [2.45, 2.75) is 19.4 Å². The molecule has 0 bridgehead atoms. The van der Waals surface area contributed by atoms with Crippen LogP contribution in [0, 0.1) is 6.92 Å². The van der Waals surface area contributed by atoms with Crippen LogP contribution in [0.3, 0.4) is 0 Å². The molecule has 6 nitrogen and oxygen atoms in total. The Morgan fingerprint density at radius 2 is 2.05 bits per heavy atom. The summed E-state index contributed by atoms with van der Waals surface area (Å²) in [4.78, 5) is 33.5. The summed E-state index contributed by atoms with van der Waals surface area (Å²) in [7, 11) is 0. The van der Waals surface area contributed by atoms with Crippen molar-refractivity contribution in [3.05, 3.63) is 34.3 Å². The third-order valence-corrected chi connectivity index (χ3v) is 2.69. The number of rotatable bonds is 5. The van der Waals surface area contributed by atoms with Gasteiger partial charge in [0.15, 0.2) is 0 Å². The molecule has 1 unspecified atom stereocenters. The van der Waals surface area contributed by atoms with Crippen LogP contribution in [0.25, 0.3) is 0 Å². The fraction of sp³-hybridized carbons (Fsp3) is 0.250. The first-order valence-corrected chi connectivity index (χ1v) is 5.77. The summed E-state index contributed by atoms with van der Waals surface area (Å²) >= 11 is 5.89. The molecule has 0 aliphatic heterocycles. The number of amides is 2. The number of primary amides is 1. The number of benzene rings is 1. The number of carbonyl (C=O) groups is 3. The van der Waals surface area contributed by atoms with Gasteiger partial charge in [0.05, 0.1) is 17.0 Å². The molecule has 0 saturated heterocycles. The Labute approximate surface area is 114 Å². The fourth-order valence-electron chi connectivity index (χ4n) is 1.44. The van der Waals surface area contributed by atoms with E-state index in [-0.39, 0.29) is 10.6 Å². The molecule has 4 N–H and O–H groups in total. The van der Waals surface area contributed by atoms with Crippen LogP contribution in [0.2, 0.25) is 5.02 Å². The van der Waals surface area contributed by atoms with Gasteiger partial charge in [-0.05, 0) is 24.6 Å². The van der Waals surface area contributed by atoms with Gasteiger partial charge in [0.1, 0.15) is 6.04 Å². The zero-order valence-corrected chi connectivity index (χ0v) is 10.9. The van der Waals surface area contributed by atoms with Crippen LogP contribution in [-0.2, 0) is 9.59 Å². The highest BCUT2D eigenvalue weighted by molar-refractivity contribution is 6.34. The third kappa shape index (κ3) is 4.26. The Bertz CT molecular complexity index is 530. The molecule has 0 heterocycles.